The van der Waals surface area contributed by atoms with Crippen LogP contribution in [0, 0.1) is 11.7 Å². The molecule has 1 aliphatic rings. The molecule has 2 amide bonds. The van der Waals surface area contributed by atoms with E-state index < -0.39 is 6.10 Å². The van der Waals surface area contributed by atoms with Gasteiger partial charge in [0.2, 0.25) is 0 Å². The van der Waals surface area contributed by atoms with Crippen molar-refractivity contribution < 1.29 is 19.1 Å². The fourth-order valence-electron chi connectivity index (χ4n) is 4.38. The third-order valence-corrected chi connectivity index (χ3v) is 6.52. The van der Waals surface area contributed by atoms with Crippen LogP contribution in [-0.2, 0) is 4.79 Å². The van der Waals surface area contributed by atoms with Crippen molar-refractivity contribution in [3.63, 3.8) is 0 Å². The minimum atomic E-state index is -1.05. The number of carbonyl (C=O) groups is 2. The summed E-state index contributed by atoms with van der Waals surface area (Å²) in [4.78, 5) is 33.9. The van der Waals surface area contributed by atoms with E-state index in [9.17, 15) is 19.1 Å². The maximum atomic E-state index is 13.4. The maximum Gasteiger partial charge on any atom is 0.274 e. The Kier molecular flexibility index (Phi) is 6.89. The molecule has 0 bridgehead atoms. The molecule has 2 aromatic heterocycles. The maximum absolute atomic E-state index is 13.4. The Bertz CT molecular complexity index is 1240. The van der Waals surface area contributed by atoms with Crippen LogP contribution in [0.15, 0.2) is 36.5 Å². The third kappa shape index (κ3) is 4.91. The van der Waals surface area contributed by atoms with E-state index in [-0.39, 0.29) is 41.2 Å². The lowest BCUT2D eigenvalue weighted by atomic mass is 10.0. The highest BCUT2D eigenvalue weighted by Crippen LogP contribution is 2.26. The summed E-state index contributed by atoms with van der Waals surface area (Å²) in [5, 5.41) is 14.8. The molecule has 1 aromatic carbocycles. The molecule has 1 N–H and O–H groups in total. The zero-order valence-corrected chi connectivity index (χ0v) is 20.8. The largest absolute Gasteiger partial charge is 0.383 e. The van der Waals surface area contributed by atoms with Crippen LogP contribution < -0.4 is 0 Å². The van der Waals surface area contributed by atoms with Crippen LogP contribution >= 0.6 is 0 Å². The van der Waals surface area contributed by atoms with Crippen LogP contribution in [0.4, 0.5) is 4.39 Å². The third-order valence-electron chi connectivity index (χ3n) is 6.52. The molecule has 0 spiro atoms. The smallest absolute Gasteiger partial charge is 0.274 e. The second-order valence-electron chi connectivity index (χ2n) is 9.86. The van der Waals surface area contributed by atoms with E-state index in [1.165, 1.54) is 12.1 Å². The van der Waals surface area contributed by atoms with Crippen LogP contribution in [0.25, 0.3) is 16.9 Å². The Balaban J connectivity index is 1.59. The first kappa shape index (κ1) is 24.8. The fraction of sp³-hybridized carbons (Fsp3) is 0.462. The summed E-state index contributed by atoms with van der Waals surface area (Å²) >= 11 is 0. The van der Waals surface area contributed by atoms with E-state index in [4.69, 9.17) is 0 Å². The molecule has 0 aliphatic carbocycles. The minimum Gasteiger partial charge on any atom is -0.383 e. The quantitative estimate of drug-likeness (QED) is 0.604. The molecule has 1 aliphatic heterocycles. The first-order chi connectivity index (χ1) is 16.6. The summed E-state index contributed by atoms with van der Waals surface area (Å²) < 4.78 is 15.0. The van der Waals surface area contributed by atoms with E-state index >= 15 is 0 Å². The lowest BCUT2D eigenvalue weighted by Gasteiger charge is -2.40. The number of aliphatic hydroxyl groups excluding tert-OH is 1. The van der Waals surface area contributed by atoms with Crippen molar-refractivity contribution in [2.45, 2.75) is 52.7 Å². The standard InChI is InChI=1S/C26H32FN5O3/c1-15(2)20-12-21(18-6-8-19(27)9-7-18)29-32-14-22(28-24(20)32)25(34)30-10-11-31(17(5)13-30)26(35)23(33)16(3)4/h6-9,12,14-17,23,33H,10-11,13H2,1-5H3/t17-,23+/m0/s1. The average Bonchev–Trinajstić information content (AvgIpc) is 3.26. The van der Waals surface area contributed by atoms with E-state index in [0.29, 0.717) is 31.0 Å². The second kappa shape index (κ2) is 9.73. The van der Waals surface area contributed by atoms with Crippen molar-refractivity contribution in [2.24, 2.45) is 5.92 Å². The number of nitrogens with zero attached hydrogens (tertiary/aromatic N) is 5. The van der Waals surface area contributed by atoms with Crippen LogP contribution in [0.5, 0.6) is 0 Å². The molecule has 8 nitrogen and oxygen atoms in total. The first-order valence-corrected chi connectivity index (χ1v) is 12.0. The fourth-order valence-corrected chi connectivity index (χ4v) is 4.38. The lowest BCUT2D eigenvalue weighted by Crippen LogP contribution is -2.58. The predicted octanol–water partition coefficient (Wildman–Crippen LogP) is 3.35. The van der Waals surface area contributed by atoms with Crippen molar-refractivity contribution in [2.75, 3.05) is 19.6 Å². The zero-order valence-electron chi connectivity index (χ0n) is 20.8. The molecule has 0 radical (unpaired) electrons. The number of rotatable bonds is 5. The van der Waals surface area contributed by atoms with Gasteiger partial charge >= 0.3 is 0 Å². The Morgan fingerprint density at radius 1 is 1.11 bits per heavy atom. The molecule has 4 rings (SSSR count). The number of imidazole rings is 1. The van der Waals surface area contributed by atoms with Crippen molar-refractivity contribution in [3.05, 3.63) is 53.6 Å². The van der Waals surface area contributed by atoms with Crippen molar-refractivity contribution in [3.8, 4) is 11.3 Å². The average molecular weight is 482 g/mol. The van der Waals surface area contributed by atoms with Gasteiger partial charge < -0.3 is 14.9 Å². The molecule has 2 atom stereocenters. The number of amides is 2. The monoisotopic (exact) mass is 481 g/mol. The summed E-state index contributed by atoms with van der Waals surface area (Å²) in [6.45, 7) is 10.6. The predicted molar refractivity (Wildman–Crippen MR) is 130 cm³/mol. The molecule has 186 valence electrons. The van der Waals surface area contributed by atoms with Gasteiger partial charge in [-0.1, -0.05) is 27.7 Å². The Morgan fingerprint density at radius 3 is 2.40 bits per heavy atom. The van der Waals surface area contributed by atoms with E-state index in [1.54, 1.807) is 46.5 Å². The van der Waals surface area contributed by atoms with Gasteiger partial charge in [-0.15, -0.1) is 0 Å². The van der Waals surface area contributed by atoms with Gasteiger partial charge in [0.05, 0.1) is 11.9 Å². The molecule has 1 fully saturated rings. The number of hydrogen-bond donors (Lipinski definition) is 1. The van der Waals surface area contributed by atoms with Crippen LogP contribution in [0.3, 0.4) is 0 Å². The number of aromatic nitrogens is 3. The lowest BCUT2D eigenvalue weighted by molar-refractivity contribution is -0.146. The second-order valence-corrected chi connectivity index (χ2v) is 9.86. The van der Waals surface area contributed by atoms with Gasteiger partial charge in [-0.2, -0.15) is 5.10 Å². The summed E-state index contributed by atoms with van der Waals surface area (Å²) in [6, 6.07) is 7.85. The number of aliphatic hydroxyl groups is 1. The van der Waals surface area contributed by atoms with Crippen LogP contribution in [-0.4, -0.2) is 73.1 Å². The topological polar surface area (TPSA) is 91.0 Å². The van der Waals surface area contributed by atoms with Crippen LogP contribution in [0.2, 0.25) is 0 Å². The SMILES string of the molecule is CC(C)c1cc(-c2ccc(F)cc2)nn2cc(C(=O)N3CCN(C(=O)[C@H](O)C(C)C)[C@@H](C)C3)nc12. The zero-order chi connectivity index (χ0) is 25.4. The number of hydrogen-bond acceptors (Lipinski definition) is 5. The van der Waals surface area contributed by atoms with E-state index in [0.717, 1.165) is 11.1 Å². The Labute approximate surface area is 204 Å². The van der Waals surface area contributed by atoms with Gasteiger partial charge in [0.15, 0.2) is 5.65 Å². The van der Waals surface area contributed by atoms with Gasteiger partial charge in [-0.05, 0) is 49.1 Å². The summed E-state index contributed by atoms with van der Waals surface area (Å²) in [7, 11) is 0. The van der Waals surface area contributed by atoms with E-state index in [1.807, 2.05) is 26.8 Å². The summed E-state index contributed by atoms with van der Waals surface area (Å²) in [6.07, 6.45) is 0.579. The molecule has 0 unspecified atom stereocenters. The Morgan fingerprint density at radius 2 is 1.80 bits per heavy atom. The summed E-state index contributed by atoms with van der Waals surface area (Å²) in [5.74, 6) is -0.880. The molecule has 3 aromatic rings. The summed E-state index contributed by atoms with van der Waals surface area (Å²) in [5.41, 5.74) is 3.27. The molecular weight excluding hydrogens is 449 g/mol. The highest BCUT2D eigenvalue weighted by molar-refractivity contribution is 5.93. The van der Waals surface area contributed by atoms with Gasteiger partial charge in [0, 0.05) is 36.8 Å². The molecule has 9 heteroatoms. The Hall–Kier alpha value is -3.33. The molecule has 1 saturated heterocycles. The number of piperazine rings is 1. The number of fused-ring (bicyclic) bond motifs is 1. The van der Waals surface area contributed by atoms with Gasteiger partial charge in [0.25, 0.3) is 11.8 Å². The van der Waals surface area contributed by atoms with Crippen LogP contribution in [0.1, 0.15) is 56.6 Å². The highest BCUT2D eigenvalue weighted by atomic mass is 19.1. The van der Waals surface area contributed by atoms with E-state index in [2.05, 4.69) is 10.1 Å². The minimum absolute atomic E-state index is 0.131. The van der Waals surface area contributed by atoms with Gasteiger partial charge in [-0.3, -0.25) is 9.59 Å². The molecule has 35 heavy (non-hydrogen) atoms. The van der Waals surface area contributed by atoms with Gasteiger partial charge in [0.1, 0.15) is 17.6 Å². The van der Waals surface area contributed by atoms with Gasteiger partial charge in [-0.25, -0.2) is 13.9 Å². The number of benzene rings is 1. The van der Waals surface area contributed by atoms with Crippen molar-refractivity contribution in [1.82, 2.24) is 24.4 Å². The molecular formula is C26H32FN5O3. The first-order valence-electron chi connectivity index (χ1n) is 12.0. The number of carbonyl (C=O) groups excluding carboxylic acids is 2. The van der Waals surface area contributed by atoms with Crippen molar-refractivity contribution >= 4 is 17.5 Å². The highest BCUT2D eigenvalue weighted by Gasteiger charge is 2.34. The normalized spacial score (nSPS) is 17.5. The number of halogens is 1. The molecule has 0 saturated carbocycles. The molecule has 3 heterocycles. The van der Waals surface area contributed by atoms with Crippen molar-refractivity contribution in [1.29, 1.82) is 0 Å².